The number of nitrogens with one attached hydrogen (secondary N) is 1. The Morgan fingerprint density at radius 1 is 1.00 bits per heavy atom. The van der Waals surface area contributed by atoms with Gasteiger partial charge in [0.05, 0.1) is 12.7 Å². The number of guanidine groups is 1. The molecule has 0 radical (unpaired) electrons. The van der Waals surface area contributed by atoms with Crippen LogP contribution in [0.2, 0.25) is 0 Å². The van der Waals surface area contributed by atoms with Gasteiger partial charge in [0.15, 0.2) is 5.03 Å². The lowest BCUT2D eigenvalue weighted by molar-refractivity contribution is -0.485. The number of rotatable bonds is 6. The van der Waals surface area contributed by atoms with Gasteiger partial charge in [0, 0.05) is 24.7 Å². The molecule has 1 N–H and O–H groups in total. The number of hydrazone groups is 1. The fraction of sp³-hybridized carbons (Fsp3) is 0.240. The summed E-state index contributed by atoms with van der Waals surface area (Å²) < 4.78 is 74.4. The minimum atomic E-state index is -4.86. The number of alkyl halides is 3. The number of hydrogen-bond donors (Lipinski definition) is 1. The number of nitro groups is 1. The number of anilines is 1. The molecule has 8 nitrogen and oxygen atoms in total. The topological polar surface area (TPSA) is 89.2 Å². The first kappa shape index (κ1) is 26.8. The van der Waals surface area contributed by atoms with Crippen molar-refractivity contribution >= 4 is 11.6 Å². The Balaban J connectivity index is 1.59. The molecule has 38 heavy (non-hydrogen) atoms. The van der Waals surface area contributed by atoms with Crippen molar-refractivity contribution in [1.29, 1.82) is 0 Å². The Morgan fingerprint density at radius 2 is 1.55 bits per heavy atom. The Kier molecular flexibility index (Phi) is 8.05. The van der Waals surface area contributed by atoms with Gasteiger partial charge >= 0.3 is 6.36 Å². The highest BCUT2D eigenvalue weighted by atomic mass is 19.4. The molecule has 0 spiro atoms. The molecule has 1 aliphatic rings. The fourth-order valence-corrected chi connectivity index (χ4v) is 4.15. The summed E-state index contributed by atoms with van der Waals surface area (Å²) in [5, 5.41) is 16.6. The second-order valence-electron chi connectivity index (χ2n) is 8.29. The molecule has 0 bridgehead atoms. The van der Waals surface area contributed by atoms with Crippen molar-refractivity contribution in [3.05, 3.63) is 106 Å². The summed E-state index contributed by atoms with van der Waals surface area (Å²) in [7, 11) is 0. The Bertz CT molecular complexity index is 1220. The first-order valence-electron chi connectivity index (χ1n) is 11.3. The van der Waals surface area contributed by atoms with Gasteiger partial charge in [-0.25, -0.2) is 18.9 Å². The first-order chi connectivity index (χ1) is 18.1. The molecule has 1 fully saturated rings. The van der Waals surface area contributed by atoms with Gasteiger partial charge in [-0.1, -0.05) is 24.3 Å². The van der Waals surface area contributed by atoms with Crippen LogP contribution in [0, 0.1) is 21.7 Å². The molecule has 1 aliphatic heterocycles. The summed E-state index contributed by atoms with van der Waals surface area (Å²) in [6, 6.07) is 16.1. The van der Waals surface area contributed by atoms with Crippen LogP contribution >= 0.6 is 0 Å². The van der Waals surface area contributed by atoms with Gasteiger partial charge in [-0.05, 0) is 59.7 Å². The van der Waals surface area contributed by atoms with Crippen LogP contribution < -0.4 is 10.1 Å². The van der Waals surface area contributed by atoms with Gasteiger partial charge < -0.3 is 19.7 Å². The number of nitrogens with zero attached hydrogens (tertiary/aromatic N) is 3. The van der Waals surface area contributed by atoms with Crippen LogP contribution in [0.4, 0.5) is 27.6 Å². The predicted octanol–water partition coefficient (Wildman–Crippen LogP) is 5.36. The lowest BCUT2D eigenvalue weighted by atomic mass is 9.85. The van der Waals surface area contributed by atoms with Crippen LogP contribution in [0.25, 0.3) is 0 Å². The van der Waals surface area contributed by atoms with Crippen LogP contribution in [0.15, 0.2) is 77.9 Å². The van der Waals surface area contributed by atoms with E-state index in [1.807, 2.05) is 0 Å². The molecule has 1 atom stereocenters. The standard InChI is InChI=1S/C25H21F5N4O4/c26-18-5-1-16(2-6-18)23(17-3-7-19(27)8-4-17)22-15-33(13-14-37-22)24(32-34(35)36)31-20-9-11-21(12-10-20)38-25(28,29)30/h1-12,22-23H,13-15H2,(H,31,32). The van der Waals surface area contributed by atoms with E-state index >= 15 is 0 Å². The molecule has 1 unspecified atom stereocenters. The monoisotopic (exact) mass is 536 g/mol. The molecular weight excluding hydrogens is 515 g/mol. The van der Waals surface area contributed by atoms with Crippen molar-refractivity contribution < 1.29 is 36.5 Å². The highest BCUT2D eigenvalue weighted by molar-refractivity contribution is 5.93. The van der Waals surface area contributed by atoms with E-state index in [4.69, 9.17) is 4.74 Å². The largest absolute Gasteiger partial charge is 0.573 e. The number of ether oxygens (including phenoxy) is 2. The van der Waals surface area contributed by atoms with E-state index in [2.05, 4.69) is 15.2 Å². The van der Waals surface area contributed by atoms with Crippen molar-refractivity contribution in [2.75, 3.05) is 25.0 Å². The van der Waals surface area contributed by atoms with Gasteiger partial charge in [0.25, 0.3) is 5.96 Å². The lowest BCUT2D eigenvalue weighted by Gasteiger charge is -2.38. The second-order valence-corrected chi connectivity index (χ2v) is 8.29. The summed E-state index contributed by atoms with van der Waals surface area (Å²) in [4.78, 5) is 12.8. The average molecular weight is 536 g/mol. The zero-order valence-corrected chi connectivity index (χ0v) is 19.6. The molecular formula is C25H21F5N4O4. The zero-order valence-electron chi connectivity index (χ0n) is 19.6. The maximum Gasteiger partial charge on any atom is 0.573 e. The van der Waals surface area contributed by atoms with Gasteiger partial charge in [-0.15, -0.1) is 13.2 Å². The SMILES string of the molecule is O=[N+]([O-])/N=C(/Nc1ccc(OC(F)(F)F)cc1)N1CCOC(C(c2ccc(F)cc2)c2ccc(F)cc2)C1. The predicted molar refractivity (Wildman–Crippen MR) is 127 cm³/mol. The summed E-state index contributed by atoms with van der Waals surface area (Å²) in [5.41, 5.74) is 1.61. The molecule has 3 aromatic carbocycles. The van der Waals surface area contributed by atoms with E-state index in [9.17, 15) is 32.1 Å². The summed E-state index contributed by atoms with van der Waals surface area (Å²) >= 11 is 0. The third kappa shape index (κ3) is 7.16. The number of benzene rings is 3. The highest BCUT2D eigenvalue weighted by Crippen LogP contribution is 2.32. The fourth-order valence-electron chi connectivity index (χ4n) is 4.15. The molecule has 1 heterocycles. The van der Waals surface area contributed by atoms with E-state index in [-0.39, 0.29) is 31.3 Å². The molecule has 0 aliphatic carbocycles. The minimum absolute atomic E-state index is 0.106. The third-order valence-electron chi connectivity index (χ3n) is 5.74. The van der Waals surface area contributed by atoms with Crippen LogP contribution in [0.5, 0.6) is 5.75 Å². The third-order valence-corrected chi connectivity index (χ3v) is 5.74. The van der Waals surface area contributed by atoms with E-state index in [0.29, 0.717) is 11.1 Å². The van der Waals surface area contributed by atoms with Gasteiger partial charge in [0.1, 0.15) is 22.5 Å². The number of morpholine rings is 1. The Labute approximate surface area is 213 Å². The van der Waals surface area contributed by atoms with Gasteiger partial charge in [-0.2, -0.15) is 0 Å². The van der Waals surface area contributed by atoms with Gasteiger partial charge in [0.2, 0.25) is 0 Å². The van der Waals surface area contributed by atoms with E-state index in [1.165, 1.54) is 36.4 Å². The average Bonchev–Trinajstić information content (AvgIpc) is 2.86. The van der Waals surface area contributed by atoms with Crippen molar-refractivity contribution in [3.8, 4) is 5.75 Å². The van der Waals surface area contributed by atoms with Crippen LogP contribution in [0.3, 0.4) is 0 Å². The van der Waals surface area contributed by atoms with E-state index < -0.39 is 40.8 Å². The maximum absolute atomic E-state index is 13.6. The summed E-state index contributed by atoms with van der Waals surface area (Å²) in [6.07, 6.45) is -5.46. The molecule has 3 aromatic rings. The first-order valence-corrected chi connectivity index (χ1v) is 11.3. The zero-order chi connectivity index (χ0) is 27.3. The Hall–Kier alpha value is -4.26. The molecule has 13 heteroatoms. The molecule has 200 valence electrons. The second kappa shape index (κ2) is 11.4. The van der Waals surface area contributed by atoms with Crippen LogP contribution in [-0.4, -0.2) is 48.1 Å². The van der Waals surface area contributed by atoms with Crippen molar-refractivity contribution in [3.63, 3.8) is 0 Å². The highest BCUT2D eigenvalue weighted by Gasteiger charge is 2.33. The molecule has 0 amide bonds. The molecule has 0 aromatic heterocycles. The quantitative estimate of drug-likeness (QED) is 0.150. The minimum Gasteiger partial charge on any atom is -0.406 e. The van der Waals surface area contributed by atoms with Crippen molar-refractivity contribution in [1.82, 2.24) is 4.90 Å². The lowest BCUT2D eigenvalue weighted by Crippen LogP contribution is -2.50. The van der Waals surface area contributed by atoms with E-state index in [0.717, 1.165) is 12.1 Å². The van der Waals surface area contributed by atoms with Crippen molar-refractivity contribution in [2.45, 2.75) is 18.4 Å². The summed E-state index contributed by atoms with van der Waals surface area (Å²) in [5.74, 6) is -1.97. The summed E-state index contributed by atoms with van der Waals surface area (Å²) in [6.45, 7) is 0.472. The number of hydrogen-bond acceptors (Lipinski definition) is 4. The maximum atomic E-state index is 13.6. The number of halogens is 5. The van der Waals surface area contributed by atoms with Crippen LogP contribution in [-0.2, 0) is 4.74 Å². The normalized spacial score (nSPS) is 16.4. The van der Waals surface area contributed by atoms with E-state index in [1.54, 1.807) is 29.2 Å². The molecule has 0 saturated carbocycles. The Morgan fingerprint density at radius 3 is 2.05 bits per heavy atom. The van der Waals surface area contributed by atoms with Crippen molar-refractivity contribution in [2.24, 2.45) is 5.10 Å². The van der Waals surface area contributed by atoms with Crippen LogP contribution in [0.1, 0.15) is 17.0 Å². The molecule has 4 rings (SSSR count). The molecule has 1 saturated heterocycles. The smallest absolute Gasteiger partial charge is 0.406 e. The van der Waals surface area contributed by atoms with Gasteiger partial charge in [-0.3, -0.25) is 0 Å².